The fourth-order valence-electron chi connectivity index (χ4n) is 4.00. The summed E-state index contributed by atoms with van der Waals surface area (Å²) in [4.78, 5) is 31.2. The Kier molecular flexibility index (Phi) is 8.10. The fraction of sp³-hybridized carbons (Fsp3) is 0.370. The summed E-state index contributed by atoms with van der Waals surface area (Å²) in [7, 11) is 3.08. The number of hydrogen-bond acceptors (Lipinski definition) is 8. The summed E-state index contributed by atoms with van der Waals surface area (Å²) in [5.41, 5.74) is 1.37. The first-order valence-corrected chi connectivity index (χ1v) is 11.9. The average molecular weight is 495 g/mol. The normalized spacial score (nSPS) is 16.4. The van der Waals surface area contributed by atoms with Crippen LogP contribution in [0.4, 0.5) is 0 Å². The van der Waals surface area contributed by atoms with Crippen LogP contribution in [-0.4, -0.2) is 63.2 Å². The Bertz CT molecular complexity index is 1160. The molecule has 0 aromatic heterocycles. The van der Waals surface area contributed by atoms with E-state index >= 15 is 0 Å². The third kappa shape index (κ3) is 5.97. The van der Waals surface area contributed by atoms with Crippen LogP contribution in [0.1, 0.15) is 37.3 Å². The number of ether oxygens (including phenoxy) is 5. The molecule has 0 unspecified atom stereocenters. The van der Waals surface area contributed by atoms with E-state index in [1.165, 1.54) is 0 Å². The van der Waals surface area contributed by atoms with E-state index < -0.39 is 5.97 Å². The fourth-order valence-corrected chi connectivity index (χ4v) is 4.00. The predicted molar refractivity (Wildman–Crippen MR) is 134 cm³/mol. The van der Waals surface area contributed by atoms with Crippen molar-refractivity contribution in [3.05, 3.63) is 53.2 Å². The summed E-state index contributed by atoms with van der Waals surface area (Å²) >= 11 is 0. The average Bonchev–Trinajstić information content (AvgIpc) is 3.28. The lowest BCUT2D eigenvalue weighted by Crippen LogP contribution is -2.38. The number of likely N-dealkylation sites (tertiary alicyclic amines) is 1. The lowest BCUT2D eigenvalue weighted by molar-refractivity contribution is -0.134. The standard InChI is InChI=1S/C27H30N2O7/c1-4-34-24-13-18(8-9-23(24)35-17-25(30)29-10-6-5-7-11-29)12-22-27(31)36-26(28-22)19-14-20(32-2)16-21(15-19)33-3/h8-9,12-16H,4-7,10-11,17H2,1-3H3/b22-12-. The van der Waals surface area contributed by atoms with Crippen molar-refractivity contribution in [1.29, 1.82) is 0 Å². The van der Waals surface area contributed by atoms with Crippen LogP contribution in [0.15, 0.2) is 47.1 Å². The Balaban J connectivity index is 1.52. The minimum absolute atomic E-state index is 0.0342. The molecule has 2 heterocycles. The minimum Gasteiger partial charge on any atom is -0.497 e. The number of benzene rings is 2. The van der Waals surface area contributed by atoms with E-state index in [2.05, 4.69) is 4.99 Å². The van der Waals surface area contributed by atoms with Gasteiger partial charge in [-0.15, -0.1) is 0 Å². The molecule has 0 saturated carbocycles. The van der Waals surface area contributed by atoms with Crippen molar-refractivity contribution in [2.45, 2.75) is 26.2 Å². The highest BCUT2D eigenvalue weighted by Crippen LogP contribution is 2.31. The molecule has 1 fully saturated rings. The molecule has 0 bridgehead atoms. The highest BCUT2D eigenvalue weighted by molar-refractivity contribution is 6.13. The maximum atomic E-state index is 12.5. The lowest BCUT2D eigenvalue weighted by atomic mass is 10.1. The number of methoxy groups -OCH3 is 2. The number of nitrogens with zero attached hydrogens (tertiary/aromatic N) is 2. The lowest BCUT2D eigenvalue weighted by Gasteiger charge is -2.26. The van der Waals surface area contributed by atoms with Gasteiger partial charge in [-0.25, -0.2) is 9.79 Å². The maximum Gasteiger partial charge on any atom is 0.363 e. The van der Waals surface area contributed by atoms with Gasteiger partial charge in [0.05, 0.1) is 20.8 Å². The molecule has 9 nitrogen and oxygen atoms in total. The zero-order valence-electron chi connectivity index (χ0n) is 20.7. The molecule has 2 aliphatic heterocycles. The number of amides is 1. The first-order valence-electron chi connectivity index (χ1n) is 11.9. The number of carbonyl (C=O) groups is 2. The summed E-state index contributed by atoms with van der Waals surface area (Å²) in [6, 6.07) is 10.4. The molecule has 2 aromatic carbocycles. The number of hydrogen-bond donors (Lipinski definition) is 0. The van der Waals surface area contributed by atoms with Crippen LogP contribution in [0, 0.1) is 0 Å². The quantitative estimate of drug-likeness (QED) is 0.386. The van der Waals surface area contributed by atoms with Gasteiger partial charge in [-0.1, -0.05) is 6.07 Å². The molecule has 9 heteroatoms. The summed E-state index contributed by atoms with van der Waals surface area (Å²) in [5.74, 6) is 1.60. The van der Waals surface area contributed by atoms with Crippen molar-refractivity contribution in [2.75, 3.05) is 40.5 Å². The van der Waals surface area contributed by atoms with Crippen LogP contribution in [-0.2, 0) is 14.3 Å². The Morgan fingerprint density at radius 2 is 1.72 bits per heavy atom. The van der Waals surface area contributed by atoms with Gasteiger partial charge >= 0.3 is 5.97 Å². The summed E-state index contributed by atoms with van der Waals surface area (Å²) in [6.07, 6.45) is 4.81. The number of carbonyl (C=O) groups excluding carboxylic acids is 2. The van der Waals surface area contributed by atoms with Crippen molar-refractivity contribution >= 4 is 23.9 Å². The minimum atomic E-state index is -0.572. The van der Waals surface area contributed by atoms with Crippen LogP contribution in [0.25, 0.3) is 6.08 Å². The van der Waals surface area contributed by atoms with E-state index in [1.807, 2.05) is 11.8 Å². The first kappa shape index (κ1) is 25.1. The largest absolute Gasteiger partial charge is 0.497 e. The van der Waals surface area contributed by atoms with Gasteiger partial charge in [0.2, 0.25) is 5.90 Å². The van der Waals surface area contributed by atoms with E-state index in [9.17, 15) is 9.59 Å². The second-order valence-electron chi connectivity index (χ2n) is 8.31. The van der Waals surface area contributed by atoms with Crippen molar-refractivity contribution in [2.24, 2.45) is 4.99 Å². The Labute approximate surface area is 210 Å². The molecule has 0 atom stereocenters. The molecule has 0 radical (unpaired) electrons. The predicted octanol–water partition coefficient (Wildman–Crippen LogP) is 3.84. The van der Waals surface area contributed by atoms with E-state index in [1.54, 1.807) is 56.7 Å². The molecule has 2 aromatic rings. The molecule has 4 rings (SSSR count). The SMILES string of the molecule is CCOc1cc(/C=C2\N=C(c3cc(OC)cc(OC)c3)OC2=O)ccc1OCC(=O)N1CCCCC1. The van der Waals surface area contributed by atoms with Gasteiger partial charge < -0.3 is 28.6 Å². The highest BCUT2D eigenvalue weighted by atomic mass is 16.6. The number of piperidine rings is 1. The first-order chi connectivity index (χ1) is 17.5. The Morgan fingerprint density at radius 1 is 1.00 bits per heavy atom. The molecular weight excluding hydrogens is 464 g/mol. The second kappa shape index (κ2) is 11.6. The van der Waals surface area contributed by atoms with Gasteiger partial charge in [-0.05, 0) is 62.1 Å². The molecule has 190 valence electrons. The van der Waals surface area contributed by atoms with Crippen molar-refractivity contribution in [3.63, 3.8) is 0 Å². The van der Waals surface area contributed by atoms with E-state index in [-0.39, 0.29) is 24.1 Å². The number of rotatable bonds is 9. The summed E-state index contributed by atoms with van der Waals surface area (Å²) in [5, 5.41) is 0. The molecule has 1 amide bonds. The van der Waals surface area contributed by atoms with Crippen molar-refractivity contribution in [1.82, 2.24) is 4.90 Å². The van der Waals surface area contributed by atoms with Crippen LogP contribution in [0.5, 0.6) is 23.0 Å². The van der Waals surface area contributed by atoms with Crippen LogP contribution < -0.4 is 18.9 Å². The Morgan fingerprint density at radius 3 is 2.39 bits per heavy atom. The summed E-state index contributed by atoms with van der Waals surface area (Å²) < 4.78 is 27.5. The molecular formula is C27H30N2O7. The van der Waals surface area contributed by atoms with Gasteiger partial charge in [0.25, 0.3) is 5.91 Å². The number of esters is 1. The highest BCUT2D eigenvalue weighted by Gasteiger charge is 2.25. The van der Waals surface area contributed by atoms with Gasteiger partial charge in [-0.2, -0.15) is 0 Å². The van der Waals surface area contributed by atoms with Gasteiger partial charge in [0.1, 0.15) is 11.5 Å². The number of cyclic esters (lactones) is 1. The van der Waals surface area contributed by atoms with Gasteiger partial charge in [0, 0.05) is 24.7 Å². The van der Waals surface area contributed by atoms with Gasteiger partial charge in [0.15, 0.2) is 23.8 Å². The molecule has 0 aliphatic carbocycles. The maximum absolute atomic E-state index is 12.5. The molecule has 0 spiro atoms. The third-order valence-electron chi connectivity index (χ3n) is 5.85. The molecule has 1 saturated heterocycles. The molecule has 2 aliphatic rings. The topological polar surface area (TPSA) is 95.9 Å². The van der Waals surface area contributed by atoms with Crippen LogP contribution in [0.3, 0.4) is 0 Å². The Hall–Kier alpha value is -4.01. The van der Waals surface area contributed by atoms with Gasteiger partial charge in [-0.3, -0.25) is 4.79 Å². The number of aliphatic imine (C=N–C) groups is 1. The van der Waals surface area contributed by atoms with Crippen LogP contribution in [0.2, 0.25) is 0 Å². The third-order valence-corrected chi connectivity index (χ3v) is 5.85. The van der Waals surface area contributed by atoms with Crippen molar-refractivity contribution in [3.8, 4) is 23.0 Å². The zero-order chi connectivity index (χ0) is 25.5. The second-order valence-corrected chi connectivity index (χ2v) is 8.31. The molecule has 0 N–H and O–H groups in total. The van der Waals surface area contributed by atoms with E-state index in [0.29, 0.717) is 40.7 Å². The smallest absolute Gasteiger partial charge is 0.363 e. The van der Waals surface area contributed by atoms with Crippen molar-refractivity contribution < 1.29 is 33.3 Å². The zero-order valence-corrected chi connectivity index (χ0v) is 20.7. The van der Waals surface area contributed by atoms with E-state index in [0.717, 1.165) is 32.4 Å². The molecule has 36 heavy (non-hydrogen) atoms. The van der Waals surface area contributed by atoms with Crippen LogP contribution >= 0.6 is 0 Å². The monoisotopic (exact) mass is 494 g/mol. The summed E-state index contributed by atoms with van der Waals surface area (Å²) in [6.45, 7) is 3.77. The van der Waals surface area contributed by atoms with E-state index in [4.69, 9.17) is 23.7 Å².